The quantitative estimate of drug-likeness (QED) is 0.465. The number of sulfonamides is 1. The molecule has 0 atom stereocenters. The maximum atomic E-state index is 13.0. The molecular formula is C15H16ClF3N4O3S3. The monoisotopic (exact) mass is 488 g/mol. The number of alkyl halides is 3. The molecule has 0 aliphatic rings. The third-order valence-corrected chi connectivity index (χ3v) is 6.59. The fraction of sp³-hybridized carbons (Fsp3) is 0.400. The zero-order chi connectivity index (χ0) is 22.0. The molecule has 2 aromatic rings. The Hall–Kier alpha value is -1.57. The fourth-order valence-electron chi connectivity index (χ4n) is 2.06. The number of halogens is 4. The Morgan fingerprint density at radius 2 is 2.00 bits per heavy atom. The smallest absolute Gasteiger partial charge is 0.299 e. The summed E-state index contributed by atoms with van der Waals surface area (Å²) in [5, 5.41) is 10.2. The van der Waals surface area contributed by atoms with Gasteiger partial charge in [0.05, 0.1) is 22.5 Å². The summed E-state index contributed by atoms with van der Waals surface area (Å²) in [7, 11) is -4.12. The van der Waals surface area contributed by atoms with Crippen molar-refractivity contribution in [2.75, 3.05) is 22.4 Å². The minimum absolute atomic E-state index is 0.141. The van der Waals surface area contributed by atoms with Crippen LogP contribution in [-0.4, -0.2) is 42.6 Å². The molecule has 1 aromatic heterocycles. The minimum Gasteiger partial charge on any atom is -0.299 e. The van der Waals surface area contributed by atoms with Gasteiger partial charge in [0, 0.05) is 5.25 Å². The van der Waals surface area contributed by atoms with Crippen molar-refractivity contribution in [2.24, 2.45) is 0 Å². The molecule has 0 bridgehead atoms. The molecule has 29 heavy (non-hydrogen) atoms. The first-order chi connectivity index (χ1) is 13.3. The summed E-state index contributed by atoms with van der Waals surface area (Å²) in [6.07, 6.45) is -3.94. The topological polar surface area (TPSA) is 92.3 Å². The normalized spacial score (nSPS) is 12.3. The first-order valence-corrected chi connectivity index (χ1v) is 11.8. The third kappa shape index (κ3) is 6.73. The molecular weight excluding hydrogens is 473 g/mol. The SMILES string of the molecule is CC(C)Sc1nnc(NC(=O)CN(c2cc(C(F)(F)F)ccc2Cl)S(C)(=O)=O)s1. The number of hydrogen-bond donors (Lipinski definition) is 1. The molecule has 2 rings (SSSR count). The van der Waals surface area contributed by atoms with E-state index in [0.29, 0.717) is 14.7 Å². The number of benzene rings is 1. The Morgan fingerprint density at radius 1 is 1.34 bits per heavy atom. The Bertz CT molecular complexity index is 996. The predicted octanol–water partition coefficient (Wildman–Crippen LogP) is 4.12. The molecule has 14 heteroatoms. The zero-order valence-electron chi connectivity index (χ0n) is 15.3. The van der Waals surface area contributed by atoms with Crippen LogP contribution in [0.25, 0.3) is 0 Å². The number of hydrogen-bond acceptors (Lipinski definition) is 7. The zero-order valence-corrected chi connectivity index (χ0v) is 18.5. The molecule has 0 spiro atoms. The minimum atomic E-state index is -4.71. The standard InChI is InChI=1S/C15H16ClF3N4O3S3/c1-8(2)27-14-22-21-13(28-14)20-12(24)7-23(29(3,25)26)11-6-9(15(17,18)19)4-5-10(11)16/h4-6,8H,7H2,1-3H3,(H,20,21,24). The Balaban J connectivity index is 2.26. The highest BCUT2D eigenvalue weighted by molar-refractivity contribution is 8.01. The lowest BCUT2D eigenvalue weighted by molar-refractivity contribution is -0.137. The molecule has 0 radical (unpaired) electrons. The van der Waals surface area contributed by atoms with E-state index < -0.39 is 39.9 Å². The first-order valence-electron chi connectivity index (χ1n) is 7.92. The van der Waals surface area contributed by atoms with Crippen LogP contribution in [-0.2, 0) is 21.0 Å². The van der Waals surface area contributed by atoms with Crippen molar-refractivity contribution >= 4 is 61.4 Å². The van der Waals surface area contributed by atoms with E-state index in [0.717, 1.165) is 29.7 Å². The van der Waals surface area contributed by atoms with Gasteiger partial charge >= 0.3 is 6.18 Å². The van der Waals surface area contributed by atoms with Gasteiger partial charge in [-0.2, -0.15) is 13.2 Å². The number of rotatable bonds is 7. The van der Waals surface area contributed by atoms with E-state index in [1.165, 1.54) is 11.8 Å². The van der Waals surface area contributed by atoms with Crippen molar-refractivity contribution in [3.8, 4) is 0 Å². The van der Waals surface area contributed by atoms with Crippen LogP contribution in [0.15, 0.2) is 22.5 Å². The van der Waals surface area contributed by atoms with Gasteiger partial charge in [-0.15, -0.1) is 10.2 Å². The summed E-state index contributed by atoms with van der Waals surface area (Å²) in [4.78, 5) is 12.3. The van der Waals surface area contributed by atoms with Gasteiger partial charge in [-0.1, -0.05) is 48.5 Å². The second kappa shape index (κ2) is 9.06. The Morgan fingerprint density at radius 3 is 2.55 bits per heavy atom. The molecule has 1 N–H and O–H groups in total. The highest BCUT2D eigenvalue weighted by atomic mass is 35.5. The number of carbonyl (C=O) groups is 1. The van der Waals surface area contributed by atoms with E-state index >= 15 is 0 Å². The molecule has 1 aromatic carbocycles. The molecule has 1 amide bonds. The van der Waals surface area contributed by atoms with Crippen molar-refractivity contribution < 1.29 is 26.4 Å². The number of thioether (sulfide) groups is 1. The molecule has 1 heterocycles. The predicted molar refractivity (Wildman–Crippen MR) is 108 cm³/mol. The third-order valence-electron chi connectivity index (χ3n) is 3.22. The lowest BCUT2D eigenvalue weighted by Crippen LogP contribution is -2.37. The molecule has 0 unspecified atom stereocenters. The van der Waals surface area contributed by atoms with Gasteiger partial charge in [-0.3, -0.25) is 14.4 Å². The van der Waals surface area contributed by atoms with E-state index in [1.807, 2.05) is 13.8 Å². The van der Waals surface area contributed by atoms with E-state index in [9.17, 15) is 26.4 Å². The molecule has 0 aliphatic carbocycles. The lowest BCUT2D eigenvalue weighted by Gasteiger charge is -2.23. The summed E-state index contributed by atoms with van der Waals surface area (Å²) in [5.41, 5.74) is -1.54. The van der Waals surface area contributed by atoms with Gasteiger partial charge in [0.2, 0.25) is 21.1 Å². The van der Waals surface area contributed by atoms with Crippen LogP contribution in [0.4, 0.5) is 24.0 Å². The van der Waals surface area contributed by atoms with E-state index in [4.69, 9.17) is 11.6 Å². The van der Waals surface area contributed by atoms with Crippen molar-refractivity contribution in [1.82, 2.24) is 10.2 Å². The molecule has 160 valence electrons. The van der Waals surface area contributed by atoms with Gasteiger partial charge in [-0.05, 0) is 18.2 Å². The van der Waals surface area contributed by atoms with Crippen molar-refractivity contribution in [2.45, 2.75) is 29.6 Å². The molecule has 7 nitrogen and oxygen atoms in total. The summed E-state index contributed by atoms with van der Waals surface area (Å²) < 4.78 is 64.4. The first kappa shape index (κ1) is 23.7. The highest BCUT2D eigenvalue weighted by Crippen LogP contribution is 2.36. The van der Waals surface area contributed by atoms with Crippen LogP contribution >= 0.6 is 34.7 Å². The van der Waals surface area contributed by atoms with Crippen LogP contribution in [0.1, 0.15) is 19.4 Å². The summed E-state index contributed by atoms with van der Waals surface area (Å²) in [6, 6.07) is 2.23. The van der Waals surface area contributed by atoms with E-state index in [-0.39, 0.29) is 15.4 Å². The van der Waals surface area contributed by atoms with Gasteiger partial charge in [0.15, 0.2) is 4.34 Å². The maximum Gasteiger partial charge on any atom is 0.416 e. The molecule has 0 aliphatic heterocycles. The van der Waals surface area contributed by atoms with Gasteiger partial charge < -0.3 is 0 Å². The summed E-state index contributed by atoms with van der Waals surface area (Å²) in [6.45, 7) is 3.12. The number of aromatic nitrogens is 2. The van der Waals surface area contributed by atoms with Crippen LogP contribution < -0.4 is 9.62 Å². The van der Waals surface area contributed by atoms with E-state index in [1.54, 1.807) is 0 Å². The van der Waals surface area contributed by atoms with Crippen molar-refractivity contribution in [3.63, 3.8) is 0 Å². The summed E-state index contributed by atoms with van der Waals surface area (Å²) in [5.74, 6) is -0.804. The molecule has 0 saturated carbocycles. The number of nitrogens with one attached hydrogen (secondary N) is 1. The van der Waals surface area contributed by atoms with Crippen LogP contribution in [0.2, 0.25) is 5.02 Å². The lowest BCUT2D eigenvalue weighted by atomic mass is 10.2. The van der Waals surface area contributed by atoms with E-state index in [2.05, 4.69) is 15.5 Å². The number of anilines is 2. The van der Waals surface area contributed by atoms with Crippen molar-refractivity contribution in [1.29, 1.82) is 0 Å². The Kier molecular flexibility index (Phi) is 7.41. The second-order valence-electron chi connectivity index (χ2n) is 6.02. The maximum absolute atomic E-state index is 13.0. The van der Waals surface area contributed by atoms with Gasteiger partial charge in [0.1, 0.15) is 6.54 Å². The van der Waals surface area contributed by atoms with Crippen molar-refractivity contribution in [3.05, 3.63) is 28.8 Å². The number of carbonyl (C=O) groups excluding carboxylic acids is 1. The summed E-state index contributed by atoms with van der Waals surface area (Å²) >= 11 is 8.44. The second-order valence-corrected chi connectivity index (χ2v) is 11.1. The Labute approximate surface area is 178 Å². The number of amides is 1. The van der Waals surface area contributed by atoms with Gasteiger partial charge in [-0.25, -0.2) is 8.42 Å². The molecule has 0 saturated heterocycles. The van der Waals surface area contributed by atoms with Crippen LogP contribution in [0.3, 0.4) is 0 Å². The number of nitrogens with zero attached hydrogens (tertiary/aromatic N) is 3. The van der Waals surface area contributed by atoms with Crippen LogP contribution in [0, 0.1) is 0 Å². The molecule has 0 fully saturated rings. The van der Waals surface area contributed by atoms with Crippen LogP contribution in [0.5, 0.6) is 0 Å². The van der Waals surface area contributed by atoms with Gasteiger partial charge in [0.25, 0.3) is 0 Å². The average molecular weight is 489 g/mol. The highest BCUT2D eigenvalue weighted by Gasteiger charge is 2.33. The largest absolute Gasteiger partial charge is 0.416 e. The average Bonchev–Trinajstić information content (AvgIpc) is 2.97. The fourth-order valence-corrected chi connectivity index (χ4v) is 5.18.